The van der Waals surface area contributed by atoms with Gasteiger partial charge < -0.3 is 9.47 Å². The van der Waals surface area contributed by atoms with Crippen LogP contribution in [0.15, 0.2) is 0 Å². The number of hydrogen-bond acceptors (Lipinski definition) is 4. The highest BCUT2D eigenvalue weighted by molar-refractivity contribution is 5.91. The molecule has 156 valence electrons. The lowest BCUT2D eigenvalue weighted by atomic mass is 9.40. The Morgan fingerprint density at radius 3 is 2.68 bits per heavy atom. The van der Waals surface area contributed by atoms with Gasteiger partial charge in [-0.05, 0) is 80.0 Å². The van der Waals surface area contributed by atoms with Gasteiger partial charge >= 0.3 is 5.97 Å². The van der Waals surface area contributed by atoms with Gasteiger partial charge in [0.1, 0.15) is 5.60 Å². The maximum Gasteiger partial charge on any atom is 0.305 e. The van der Waals surface area contributed by atoms with E-state index in [1.807, 2.05) is 0 Å². The normalized spacial score (nSPS) is 52.7. The molecule has 0 N–H and O–H groups in total. The summed E-state index contributed by atoms with van der Waals surface area (Å²) in [6.45, 7) is 6.91. The van der Waals surface area contributed by atoms with Crippen molar-refractivity contribution in [3.05, 3.63) is 0 Å². The van der Waals surface area contributed by atoms with Crippen molar-refractivity contribution in [1.82, 2.24) is 0 Å². The van der Waals surface area contributed by atoms with Crippen LogP contribution < -0.4 is 0 Å². The zero-order valence-corrected chi connectivity index (χ0v) is 18.0. The predicted octanol–water partition coefficient (Wildman–Crippen LogP) is 4.54. The SMILES string of the molecule is COC(=O)C[C@H](C)[C@H]1CC[C@H]2[C@@H]3CC[C@H]4C[C@H]5CC[C@]4(C)[C@@]3(O5)C(=O)C[C@]12C. The lowest BCUT2D eigenvalue weighted by Gasteiger charge is -2.70. The summed E-state index contributed by atoms with van der Waals surface area (Å²) >= 11 is 0. The van der Waals surface area contributed by atoms with Crippen LogP contribution in [0.3, 0.4) is 0 Å². The van der Waals surface area contributed by atoms with Crippen LogP contribution >= 0.6 is 0 Å². The molecule has 6 fully saturated rings. The van der Waals surface area contributed by atoms with Crippen LogP contribution in [0.2, 0.25) is 0 Å². The molecule has 6 rings (SSSR count). The quantitative estimate of drug-likeness (QED) is 0.666. The summed E-state index contributed by atoms with van der Waals surface area (Å²) in [6, 6.07) is 0. The van der Waals surface area contributed by atoms with Crippen LogP contribution in [0.1, 0.15) is 78.6 Å². The summed E-state index contributed by atoms with van der Waals surface area (Å²) in [5.41, 5.74) is -0.468. The molecule has 9 atom stereocenters. The number of methoxy groups -OCH3 is 1. The average Bonchev–Trinajstić information content (AvgIpc) is 2.98. The maximum atomic E-state index is 13.9. The van der Waals surface area contributed by atoms with E-state index < -0.39 is 5.60 Å². The van der Waals surface area contributed by atoms with Gasteiger partial charge in [0.05, 0.1) is 13.2 Å². The van der Waals surface area contributed by atoms with E-state index in [9.17, 15) is 9.59 Å². The molecule has 4 nitrogen and oxygen atoms in total. The first kappa shape index (κ1) is 19.1. The van der Waals surface area contributed by atoms with Gasteiger partial charge in [0.2, 0.25) is 0 Å². The van der Waals surface area contributed by atoms with Crippen LogP contribution in [-0.2, 0) is 19.1 Å². The van der Waals surface area contributed by atoms with Crippen molar-refractivity contribution in [2.45, 2.75) is 90.3 Å². The summed E-state index contributed by atoms with van der Waals surface area (Å²) in [4.78, 5) is 25.8. The fraction of sp³-hybridized carbons (Fsp3) is 0.917. The van der Waals surface area contributed by atoms with Crippen molar-refractivity contribution in [3.63, 3.8) is 0 Å². The highest BCUT2D eigenvalue weighted by Crippen LogP contribution is 2.72. The van der Waals surface area contributed by atoms with Crippen molar-refractivity contribution in [3.8, 4) is 0 Å². The molecule has 0 radical (unpaired) electrons. The van der Waals surface area contributed by atoms with E-state index in [0.29, 0.717) is 48.4 Å². The van der Waals surface area contributed by atoms with Gasteiger partial charge in [0.15, 0.2) is 5.78 Å². The second kappa shape index (κ2) is 6.06. The minimum Gasteiger partial charge on any atom is -0.469 e. The largest absolute Gasteiger partial charge is 0.469 e. The van der Waals surface area contributed by atoms with E-state index in [-0.39, 0.29) is 22.7 Å². The molecule has 0 aromatic carbocycles. The van der Waals surface area contributed by atoms with Crippen LogP contribution in [0.5, 0.6) is 0 Å². The van der Waals surface area contributed by atoms with Crippen LogP contribution in [0, 0.1) is 40.4 Å². The standard InChI is InChI=1S/C24H36O4/c1-14(11-21(26)27-4)17-7-8-18-19-6-5-15-12-16-9-10-23(15,3)24(19,28-16)20(25)13-22(17,18)2/h14-19H,5-13H2,1-4H3/t14-,15-,16+,17+,18-,19-,22+,23-,24-/m0/s1. The first-order chi connectivity index (χ1) is 13.3. The summed E-state index contributed by atoms with van der Waals surface area (Å²) in [5, 5.41) is 0. The molecule has 6 aliphatic rings. The first-order valence-electron chi connectivity index (χ1n) is 11.5. The Morgan fingerprint density at radius 1 is 1.18 bits per heavy atom. The van der Waals surface area contributed by atoms with Crippen LogP contribution in [0.4, 0.5) is 0 Å². The van der Waals surface area contributed by atoms with E-state index in [1.165, 1.54) is 26.4 Å². The summed E-state index contributed by atoms with van der Waals surface area (Å²) in [7, 11) is 1.47. The molecule has 4 saturated carbocycles. The number of carbonyl (C=O) groups is 2. The molecule has 2 aliphatic heterocycles. The molecule has 4 heteroatoms. The Kier molecular flexibility index (Phi) is 4.13. The van der Waals surface area contributed by atoms with Crippen molar-refractivity contribution in [1.29, 1.82) is 0 Å². The predicted molar refractivity (Wildman–Crippen MR) is 106 cm³/mol. The smallest absolute Gasteiger partial charge is 0.305 e. The molecule has 1 spiro atoms. The van der Waals surface area contributed by atoms with Gasteiger partial charge in [-0.1, -0.05) is 20.8 Å². The number of Topliss-reactive ketones (excluding diaryl/α,β-unsaturated/α-hetero) is 1. The van der Waals surface area contributed by atoms with Gasteiger partial charge in [0, 0.05) is 18.3 Å². The maximum absolute atomic E-state index is 13.9. The Balaban J connectivity index is 1.50. The number of carbonyl (C=O) groups excluding carboxylic acids is 2. The minimum atomic E-state index is -0.512. The number of ketones is 1. The van der Waals surface area contributed by atoms with E-state index in [4.69, 9.17) is 9.47 Å². The van der Waals surface area contributed by atoms with Crippen LogP contribution in [-0.4, -0.2) is 30.6 Å². The van der Waals surface area contributed by atoms with E-state index in [1.54, 1.807) is 0 Å². The molecule has 28 heavy (non-hydrogen) atoms. The van der Waals surface area contributed by atoms with E-state index >= 15 is 0 Å². The number of ether oxygens (including phenoxy) is 2. The molecule has 2 heterocycles. The van der Waals surface area contributed by atoms with Crippen molar-refractivity contribution in [2.24, 2.45) is 40.4 Å². The van der Waals surface area contributed by atoms with Crippen molar-refractivity contribution in [2.75, 3.05) is 7.11 Å². The average molecular weight is 389 g/mol. The molecule has 0 unspecified atom stereocenters. The Morgan fingerprint density at radius 2 is 1.93 bits per heavy atom. The molecular weight excluding hydrogens is 352 g/mol. The summed E-state index contributed by atoms with van der Waals surface area (Å²) in [5.74, 6) is 2.54. The topological polar surface area (TPSA) is 52.6 Å². The zero-order valence-electron chi connectivity index (χ0n) is 18.0. The minimum absolute atomic E-state index is 0.00366. The Hall–Kier alpha value is -0.900. The van der Waals surface area contributed by atoms with Gasteiger partial charge in [-0.25, -0.2) is 0 Å². The monoisotopic (exact) mass is 388 g/mol. The van der Waals surface area contributed by atoms with Crippen molar-refractivity contribution < 1.29 is 19.1 Å². The van der Waals surface area contributed by atoms with Gasteiger partial charge in [-0.2, -0.15) is 0 Å². The second-order valence-electron chi connectivity index (χ2n) is 11.2. The van der Waals surface area contributed by atoms with E-state index in [2.05, 4.69) is 20.8 Å². The third-order valence-corrected chi connectivity index (χ3v) is 10.3. The van der Waals surface area contributed by atoms with Gasteiger partial charge in [0.25, 0.3) is 0 Å². The first-order valence-corrected chi connectivity index (χ1v) is 11.5. The fourth-order valence-corrected chi connectivity index (χ4v) is 9.08. The third kappa shape index (κ3) is 2.16. The third-order valence-electron chi connectivity index (χ3n) is 10.3. The molecule has 4 bridgehead atoms. The number of esters is 1. The van der Waals surface area contributed by atoms with Gasteiger partial charge in [-0.15, -0.1) is 0 Å². The molecule has 4 aliphatic carbocycles. The van der Waals surface area contributed by atoms with Crippen molar-refractivity contribution >= 4 is 11.8 Å². The lowest BCUT2D eigenvalue weighted by Crippen LogP contribution is -2.75. The molecule has 0 amide bonds. The number of fused-ring (bicyclic) bond motifs is 3. The highest BCUT2D eigenvalue weighted by Gasteiger charge is 2.74. The lowest BCUT2D eigenvalue weighted by molar-refractivity contribution is -0.307. The van der Waals surface area contributed by atoms with E-state index in [0.717, 1.165) is 25.7 Å². The second-order valence-corrected chi connectivity index (χ2v) is 11.2. The molecule has 0 aromatic heterocycles. The molecular formula is C24H36O4. The fourth-order valence-electron chi connectivity index (χ4n) is 9.08. The molecule has 2 saturated heterocycles. The summed E-state index contributed by atoms with van der Waals surface area (Å²) in [6.07, 6.45) is 9.60. The Bertz CT molecular complexity index is 703. The summed E-state index contributed by atoms with van der Waals surface area (Å²) < 4.78 is 11.7. The van der Waals surface area contributed by atoms with Gasteiger partial charge in [-0.3, -0.25) is 9.59 Å². The highest BCUT2D eigenvalue weighted by atomic mass is 16.5. The Labute approximate surface area is 169 Å². The molecule has 0 aromatic rings. The number of rotatable bonds is 3. The number of hydrogen-bond donors (Lipinski definition) is 0. The zero-order chi connectivity index (χ0) is 19.9. The van der Waals surface area contributed by atoms with Crippen LogP contribution in [0.25, 0.3) is 0 Å².